The predicted molar refractivity (Wildman–Crippen MR) is 103 cm³/mol. The van der Waals surface area contributed by atoms with Crippen LogP contribution in [0, 0.1) is 21.4 Å². The molecule has 0 radical (unpaired) electrons. The van der Waals surface area contributed by atoms with Crippen LogP contribution in [0.4, 0.5) is 11.5 Å². The van der Waals surface area contributed by atoms with Crippen LogP contribution in [-0.2, 0) is 0 Å². The third-order valence-electron chi connectivity index (χ3n) is 3.83. The van der Waals surface area contributed by atoms with E-state index >= 15 is 0 Å². The van der Waals surface area contributed by atoms with Gasteiger partial charge in [-0.2, -0.15) is 5.26 Å². The van der Waals surface area contributed by atoms with E-state index in [9.17, 15) is 20.5 Å². The molecule has 3 aromatic rings. The van der Waals surface area contributed by atoms with Crippen molar-refractivity contribution >= 4 is 34.7 Å². The van der Waals surface area contributed by atoms with Crippen molar-refractivity contribution in [3.05, 3.63) is 68.2 Å². The number of aromatic nitrogens is 1. The number of nitrogen functional groups attached to an aromatic ring is 1. The number of nitrogens with zero attached hydrogens (tertiary/aromatic N) is 3. The highest BCUT2D eigenvalue weighted by molar-refractivity contribution is 6.36. The van der Waals surface area contributed by atoms with Crippen molar-refractivity contribution in [2.45, 2.75) is 0 Å². The molecule has 0 bridgehead atoms. The van der Waals surface area contributed by atoms with E-state index in [1.165, 1.54) is 36.4 Å². The van der Waals surface area contributed by atoms with Crippen LogP contribution in [-0.4, -0.2) is 15.0 Å². The van der Waals surface area contributed by atoms with Gasteiger partial charge in [0.2, 0.25) is 0 Å². The summed E-state index contributed by atoms with van der Waals surface area (Å²) in [6.45, 7) is 0. The Morgan fingerprint density at radius 3 is 2.59 bits per heavy atom. The van der Waals surface area contributed by atoms with Crippen molar-refractivity contribution in [1.82, 2.24) is 4.98 Å². The van der Waals surface area contributed by atoms with Gasteiger partial charge in [-0.15, -0.1) is 0 Å². The topological polar surface area (TPSA) is 126 Å². The molecule has 1 heterocycles. The minimum atomic E-state index is -0.538. The Labute approximate surface area is 163 Å². The van der Waals surface area contributed by atoms with Crippen LogP contribution in [0.5, 0.6) is 5.75 Å². The van der Waals surface area contributed by atoms with E-state index in [1.54, 1.807) is 6.07 Å². The van der Waals surface area contributed by atoms with Gasteiger partial charge in [0.1, 0.15) is 23.2 Å². The maximum Gasteiger partial charge on any atom is 0.270 e. The fourth-order valence-electron chi connectivity index (χ4n) is 2.60. The fourth-order valence-corrected chi connectivity index (χ4v) is 3.09. The molecule has 0 aliphatic rings. The Morgan fingerprint density at radius 2 is 1.93 bits per heavy atom. The van der Waals surface area contributed by atoms with Gasteiger partial charge in [-0.25, -0.2) is 4.98 Å². The summed E-state index contributed by atoms with van der Waals surface area (Å²) in [4.78, 5) is 14.7. The molecule has 7 nitrogen and oxygen atoms in total. The zero-order valence-electron chi connectivity index (χ0n) is 13.5. The van der Waals surface area contributed by atoms with E-state index < -0.39 is 4.92 Å². The lowest BCUT2D eigenvalue weighted by molar-refractivity contribution is -0.384. The van der Waals surface area contributed by atoms with Crippen molar-refractivity contribution in [2.24, 2.45) is 0 Å². The minimum Gasteiger partial charge on any atom is -0.506 e. The van der Waals surface area contributed by atoms with Crippen molar-refractivity contribution in [1.29, 1.82) is 5.26 Å². The molecular weight excluding hydrogens is 391 g/mol. The number of anilines is 1. The molecule has 0 spiro atoms. The minimum absolute atomic E-state index is 0.0270. The van der Waals surface area contributed by atoms with Crippen molar-refractivity contribution in [2.75, 3.05) is 5.73 Å². The van der Waals surface area contributed by atoms with Crippen LogP contribution in [0.15, 0.2) is 42.5 Å². The highest BCUT2D eigenvalue weighted by Gasteiger charge is 2.18. The average Bonchev–Trinajstić information content (AvgIpc) is 2.64. The molecule has 2 aromatic carbocycles. The smallest absolute Gasteiger partial charge is 0.270 e. The number of aromatic hydroxyl groups is 1. The Kier molecular flexibility index (Phi) is 4.86. The van der Waals surface area contributed by atoms with Crippen molar-refractivity contribution in [3.63, 3.8) is 0 Å². The molecule has 0 unspecified atom stereocenters. The molecule has 0 aliphatic carbocycles. The van der Waals surface area contributed by atoms with Gasteiger partial charge in [0, 0.05) is 28.3 Å². The Balaban J connectivity index is 2.29. The van der Waals surface area contributed by atoms with Crippen LogP contribution in [0.3, 0.4) is 0 Å². The summed E-state index contributed by atoms with van der Waals surface area (Å²) in [6.07, 6.45) is 0. The maximum absolute atomic E-state index is 11.1. The largest absolute Gasteiger partial charge is 0.506 e. The zero-order chi connectivity index (χ0) is 19.7. The number of hydrogen-bond donors (Lipinski definition) is 2. The third kappa shape index (κ3) is 3.49. The number of nitro benzene ring substituents is 1. The van der Waals surface area contributed by atoms with Gasteiger partial charge in [0.05, 0.1) is 15.6 Å². The van der Waals surface area contributed by atoms with Gasteiger partial charge in [0.15, 0.2) is 0 Å². The summed E-state index contributed by atoms with van der Waals surface area (Å²) < 4.78 is 0. The first kappa shape index (κ1) is 18.5. The number of nitrogens with two attached hydrogens (primary N) is 1. The first-order valence-corrected chi connectivity index (χ1v) is 8.21. The van der Waals surface area contributed by atoms with E-state index in [-0.39, 0.29) is 44.1 Å². The highest BCUT2D eigenvalue weighted by atomic mass is 35.5. The quantitative estimate of drug-likeness (QED) is 0.480. The van der Waals surface area contributed by atoms with Gasteiger partial charge < -0.3 is 10.8 Å². The molecule has 0 fully saturated rings. The number of hydrogen-bond acceptors (Lipinski definition) is 6. The van der Waals surface area contributed by atoms with Crippen LogP contribution >= 0.6 is 23.2 Å². The molecule has 9 heteroatoms. The number of halogens is 2. The number of non-ortho nitro benzene ring substituents is 1. The van der Waals surface area contributed by atoms with Crippen LogP contribution in [0.2, 0.25) is 10.0 Å². The van der Waals surface area contributed by atoms with Crippen molar-refractivity contribution in [3.8, 4) is 34.2 Å². The molecule has 1 aromatic heterocycles. The van der Waals surface area contributed by atoms with Gasteiger partial charge >= 0.3 is 0 Å². The first-order valence-electron chi connectivity index (χ1n) is 7.45. The van der Waals surface area contributed by atoms with Gasteiger partial charge in [-0.05, 0) is 23.8 Å². The van der Waals surface area contributed by atoms with E-state index in [0.717, 1.165) is 0 Å². The Bertz CT molecular complexity index is 1130. The van der Waals surface area contributed by atoms with Crippen molar-refractivity contribution < 1.29 is 10.0 Å². The van der Waals surface area contributed by atoms with E-state index in [1.807, 2.05) is 6.07 Å². The molecule has 3 rings (SSSR count). The number of nitro groups is 1. The van der Waals surface area contributed by atoms with E-state index in [2.05, 4.69) is 4.98 Å². The summed E-state index contributed by atoms with van der Waals surface area (Å²) >= 11 is 12.0. The monoisotopic (exact) mass is 400 g/mol. The predicted octanol–water partition coefficient (Wildman–Crippen LogP) is 4.79. The van der Waals surface area contributed by atoms with Gasteiger partial charge in [-0.3, -0.25) is 10.1 Å². The zero-order valence-corrected chi connectivity index (χ0v) is 15.0. The fraction of sp³-hybridized carbons (Fsp3) is 0. The lowest BCUT2D eigenvalue weighted by Gasteiger charge is -2.12. The number of rotatable bonds is 3. The number of benzene rings is 2. The molecule has 0 saturated heterocycles. The lowest BCUT2D eigenvalue weighted by Crippen LogP contribution is -2.00. The van der Waals surface area contributed by atoms with Crippen LogP contribution in [0.1, 0.15) is 5.56 Å². The molecule has 0 saturated carbocycles. The summed E-state index contributed by atoms with van der Waals surface area (Å²) in [5, 5.41) is 31.0. The number of phenols is 1. The number of nitriles is 1. The van der Waals surface area contributed by atoms with Crippen LogP contribution < -0.4 is 5.73 Å². The Hall–Kier alpha value is -3.34. The van der Waals surface area contributed by atoms with Gasteiger partial charge in [-0.1, -0.05) is 35.3 Å². The highest BCUT2D eigenvalue weighted by Crippen LogP contribution is 2.40. The molecule has 134 valence electrons. The van der Waals surface area contributed by atoms with E-state index in [4.69, 9.17) is 28.9 Å². The second kappa shape index (κ2) is 7.11. The summed E-state index contributed by atoms with van der Waals surface area (Å²) in [7, 11) is 0. The Morgan fingerprint density at radius 1 is 1.19 bits per heavy atom. The third-order valence-corrected chi connectivity index (χ3v) is 4.34. The molecule has 0 atom stereocenters. The normalized spacial score (nSPS) is 10.4. The molecule has 3 N–H and O–H groups in total. The summed E-state index contributed by atoms with van der Waals surface area (Å²) in [5.74, 6) is -0.338. The SMILES string of the molecule is N#Cc1c(-c2cccc([N+](=O)[O-])c2)cc(-c2cc(Cl)cc(Cl)c2O)nc1N. The molecule has 0 amide bonds. The average molecular weight is 401 g/mol. The maximum atomic E-state index is 11.1. The molecular formula is C18H10Cl2N4O3. The molecule has 0 aliphatic heterocycles. The van der Waals surface area contributed by atoms with E-state index in [0.29, 0.717) is 11.1 Å². The molecule has 27 heavy (non-hydrogen) atoms. The standard InChI is InChI=1S/C18H10Cl2N4O3/c19-10-5-13(17(25)15(20)6-10)16-7-12(14(8-21)18(22)23-16)9-2-1-3-11(4-9)24(26)27/h1-7,25H,(H2,22,23). The second-order valence-corrected chi connectivity index (χ2v) is 6.36. The van der Waals surface area contributed by atoms with Crippen LogP contribution in [0.25, 0.3) is 22.4 Å². The number of pyridine rings is 1. The lowest BCUT2D eigenvalue weighted by atomic mass is 9.98. The number of phenolic OH excluding ortho intramolecular Hbond substituents is 1. The summed E-state index contributed by atoms with van der Waals surface area (Å²) in [6, 6.07) is 12.0. The van der Waals surface area contributed by atoms with Gasteiger partial charge in [0.25, 0.3) is 5.69 Å². The first-order chi connectivity index (χ1) is 12.8. The summed E-state index contributed by atoms with van der Waals surface area (Å²) in [5.41, 5.74) is 7.02. The second-order valence-electron chi connectivity index (χ2n) is 5.52.